The first-order valence-corrected chi connectivity index (χ1v) is 6.82. The van der Waals surface area contributed by atoms with Crippen LogP contribution >= 0.6 is 0 Å². The maximum atomic E-state index is 5.72. The molecule has 2 rings (SSSR count). The lowest BCUT2D eigenvalue weighted by atomic mass is 10.5. The topological polar surface area (TPSA) is 18.5 Å². The van der Waals surface area contributed by atoms with E-state index in [0.717, 1.165) is 17.0 Å². The molecule has 2 unspecified atom stereocenters. The zero-order valence-corrected chi connectivity index (χ0v) is 9.17. The maximum absolute atomic E-state index is 5.72. The molecule has 2 saturated carbocycles. The van der Waals surface area contributed by atoms with Gasteiger partial charge in [0.1, 0.15) is 0 Å². The normalized spacial score (nSPS) is 35.2. The Morgan fingerprint density at radius 2 is 1.67 bits per heavy atom. The minimum Gasteiger partial charge on any atom is -0.397 e. The first kappa shape index (κ1) is 8.72. The highest BCUT2D eigenvalue weighted by Crippen LogP contribution is 2.61. The van der Waals surface area contributed by atoms with Gasteiger partial charge in [-0.2, -0.15) is 0 Å². The highest BCUT2D eigenvalue weighted by atomic mass is 28.4. The van der Waals surface area contributed by atoms with Gasteiger partial charge in [0.05, 0.1) is 0 Å². The van der Waals surface area contributed by atoms with Gasteiger partial charge in [-0.05, 0) is 25.2 Å². The van der Waals surface area contributed by atoms with Crippen LogP contribution < -0.4 is 0 Å². The number of hydrogen-bond donors (Lipinski definition) is 0. The van der Waals surface area contributed by atoms with Crippen molar-refractivity contribution in [2.75, 3.05) is 14.2 Å². The third kappa shape index (κ3) is 1.15. The highest BCUT2D eigenvalue weighted by Gasteiger charge is 2.62. The Balaban J connectivity index is 2.08. The summed E-state index contributed by atoms with van der Waals surface area (Å²) in [5.41, 5.74) is 1.60. The number of hydrogen-bond acceptors (Lipinski definition) is 2. The van der Waals surface area contributed by atoms with Gasteiger partial charge in [-0.15, -0.1) is 0 Å². The Bertz CT molecular complexity index is 175. The predicted molar refractivity (Wildman–Crippen MR) is 50.3 cm³/mol. The molecule has 2 fully saturated rings. The Labute approximate surface area is 75.5 Å². The molecule has 12 heavy (non-hydrogen) atoms. The quantitative estimate of drug-likeness (QED) is 0.627. The standard InChI is InChI=1S/C9H18O2Si/c1-7-6-9(7)12(10-2,11-3)8-4-5-8/h7-9H,4-6H2,1-3H3. The summed E-state index contributed by atoms with van der Waals surface area (Å²) in [5.74, 6) is 0.858. The average Bonchev–Trinajstić information content (AvgIpc) is 2.91. The second-order valence-electron chi connectivity index (χ2n) is 4.22. The fraction of sp³-hybridized carbons (Fsp3) is 1.00. The lowest BCUT2D eigenvalue weighted by Gasteiger charge is -2.27. The summed E-state index contributed by atoms with van der Waals surface area (Å²) in [7, 11) is 1.95. The number of rotatable bonds is 4. The summed E-state index contributed by atoms with van der Waals surface area (Å²) < 4.78 is 11.4. The Kier molecular flexibility index (Phi) is 2.05. The van der Waals surface area contributed by atoms with E-state index in [1.807, 2.05) is 14.2 Å². The minimum absolute atomic E-state index is 0.792. The summed E-state index contributed by atoms with van der Waals surface area (Å²) in [5, 5.41) is 0. The molecular weight excluding hydrogens is 168 g/mol. The molecule has 0 aliphatic heterocycles. The van der Waals surface area contributed by atoms with E-state index >= 15 is 0 Å². The Morgan fingerprint density at radius 3 is 1.92 bits per heavy atom. The maximum Gasteiger partial charge on any atom is 0.344 e. The zero-order valence-electron chi connectivity index (χ0n) is 8.17. The first-order valence-electron chi connectivity index (χ1n) is 4.85. The van der Waals surface area contributed by atoms with Crippen molar-refractivity contribution in [3.05, 3.63) is 0 Å². The second kappa shape index (κ2) is 2.82. The van der Waals surface area contributed by atoms with E-state index in [0.29, 0.717) is 0 Å². The van der Waals surface area contributed by atoms with Crippen LogP contribution in [0.2, 0.25) is 11.1 Å². The lowest BCUT2D eigenvalue weighted by Crippen LogP contribution is -2.41. The lowest BCUT2D eigenvalue weighted by molar-refractivity contribution is 0.236. The highest BCUT2D eigenvalue weighted by molar-refractivity contribution is 6.72. The van der Waals surface area contributed by atoms with Gasteiger partial charge in [-0.1, -0.05) is 6.92 Å². The average molecular weight is 186 g/mol. The molecule has 2 atom stereocenters. The zero-order chi connectivity index (χ0) is 8.77. The van der Waals surface area contributed by atoms with Gasteiger partial charge in [0.15, 0.2) is 0 Å². The molecule has 0 N–H and O–H groups in total. The van der Waals surface area contributed by atoms with Gasteiger partial charge in [-0.25, -0.2) is 0 Å². The molecule has 0 bridgehead atoms. The molecule has 0 aromatic heterocycles. The van der Waals surface area contributed by atoms with Crippen LogP contribution in [0.25, 0.3) is 0 Å². The van der Waals surface area contributed by atoms with Crippen molar-refractivity contribution in [1.29, 1.82) is 0 Å². The molecule has 2 nitrogen and oxygen atoms in total. The van der Waals surface area contributed by atoms with E-state index < -0.39 is 8.56 Å². The van der Waals surface area contributed by atoms with E-state index in [2.05, 4.69) is 6.92 Å². The fourth-order valence-electron chi connectivity index (χ4n) is 2.39. The Morgan fingerprint density at radius 1 is 1.17 bits per heavy atom. The SMILES string of the molecule is CO[Si](OC)(C1CC1)C1CC1C. The van der Waals surface area contributed by atoms with Crippen LogP contribution in [0.5, 0.6) is 0 Å². The van der Waals surface area contributed by atoms with Crippen LogP contribution in [0.4, 0.5) is 0 Å². The van der Waals surface area contributed by atoms with Crippen LogP contribution in [0, 0.1) is 5.92 Å². The molecule has 0 radical (unpaired) electrons. The molecule has 0 saturated heterocycles. The van der Waals surface area contributed by atoms with Crippen LogP contribution in [0.3, 0.4) is 0 Å². The van der Waals surface area contributed by atoms with Crippen molar-refractivity contribution in [2.45, 2.75) is 37.3 Å². The predicted octanol–water partition coefficient (Wildman–Crippen LogP) is 2.30. The van der Waals surface area contributed by atoms with Crippen molar-refractivity contribution < 1.29 is 8.85 Å². The van der Waals surface area contributed by atoms with Gasteiger partial charge in [-0.3, -0.25) is 0 Å². The van der Waals surface area contributed by atoms with E-state index in [9.17, 15) is 0 Å². The molecule has 2 aliphatic carbocycles. The first-order chi connectivity index (χ1) is 5.74. The van der Waals surface area contributed by atoms with Gasteiger partial charge >= 0.3 is 8.56 Å². The van der Waals surface area contributed by atoms with Crippen LogP contribution in [-0.2, 0) is 8.85 Å². The molecule has 0 aromatic rings. The van der Waals surface area contributed by atoms with Crippen LogP contribution in [-0.4, -0.2) is 22.8 Å². The van der Waals surface area contributed by atoms with Crippen LogP contribution in [0.15, 0.2) is 0 Å². The van der Waals surface area contributed by atoms with E-state index in [1.165, 1.54) is 19.3 Å². The van der Waals surface area contributed by atoms with Gasteiger partial charge < -0.3 is 8.85 Å². The minimum atomic E-state index is -1.74. The van der Waals surface area contributed by atoms with Crippen molar-refractivity contribution in [1.82, 2.24) is 0 Å². The van der Waals surface area contributed by atoms with E-state index in [-0.39, 0.29) is 0 Å². The van der Waals surface area contributed by atoms with Crippen molar-refractivity contribution in [3.63, 3.8) is 0 Å². The molecule has 70 valence electrons. The third-order valence-electron chi connectivity index (χ3n) is 3.41. The molecular formula is C9H18O2Si. The van der Waals surface area contributed by atoms with E-state index in [4.69, 9.17) is 8.85 Å². The molecule has 0 amide bonds. The summed E-state index contributed by atoms with van der Waals surface area (Å²) in [6.45, 7) is 2.31. The van der Waals surface area contributed by atoms with Crippen molar-refractivity contribution >= 4 is 8.56 Å². The van der Waals surface area contributed by atoms with Gasteiger partial charge in [0, 0.05) is 25.3 Å². The summed E-state index contributed by atoms with van der Waals surface area (Å²) in [4.78, 5) is 0. The largest absolute Gasteiger partial charge is 0.397 e. The molecule has 0 heterocycles. The molecule has 2 aliphatic rings. The molecule has 0 aromatic carbocycles. The van der Waals surface area contributed by atoms with Crippen molar-refractivity contribution in [3.8, 4) is 0 Å². The van der Waals surface area contributed by atoms with E-state index in [1.54, 1.807) is 0 Å². The fourth-order valence-corrected chi connectivity index (χ4v) is 6.90. The van der Waals surface area contributed by atoms with Gasteiger partial charge in [0.2, 0.25) is 0 Å². The third-order valence-corrected chi connectivity index (χ3v) is 8.24. The monoisotopic (exact) mass is 186 g/mol. The second-order valence-corrected chi connectivity index (χ2v) is 8.04. The summed E-state index contributed by atoms with van der Waals surface area (Å²) in [6, 6.07) is 0. The molecule has 3 heteroatoms. The van der Waals surface area contributed by atoms with Crippen LogP contribution in [0.1, 0.15) is 26.2 Å². The summed E-state index contributed by atoms with van der Waals surface area (Å²) in [6.07, 6.45) is 4.03. The smallest absolute Gasteiger partial charge is 0.344 e. The Hall–Kier alpha value is 0.137. The summed E-state index contributed by atoms with van der Waals surface area (Å²) >= 11 is 0. The molecule has 0 spiro atoms. The van der Waals surface area contributed by atoms with Crippen molar-refractivity contribution in [2.24, 2.45) is 5.92 Å². The van der Waals surface area contributed by atoms with Gasteiger partial charge in [0.25, 0.3) is 0 Å².